The Morgan fingerprint density at radius 3 is 2.37 bits per heavy atom. The lowest BCUT2D eigenvalue weighted by Gasteiger charge is -2.12. The van der Waals surface area contributed by atoms with E-state index in [2.05, 4.69) is 47.6 Å². The first-order valence-electron chi connectivity index (χ1n) is 5.06. The molecule has 0 spiro atoms. The van der Waals surface area contributed by atoms with Crippen LogP contribution in [0.4, 0.5) is 17.3 Å². The fraction of sp³-hybridized carbons (Fsp3) is 0. The molecule has 0 saturated carbocycles. The average molecular weight is 427 g/mol. The Bertz CT molecular complexity index is 622. The monoisotopic (exact) mass is 424 g/mol. The van der Waals surface area contributed by atoms with Crippen LogP contribution in [-0.4, -0.2) is 4.98 Å². The summed E-state index contributed by atoms with van der Waals surface area (Å²) in [5.74, 6) is 6.14. The van der Waals surface area contributed by atoms with Gasteiger partial charge in [-0.25, -0.2) is 10.8 Å². The van der Waals surface area contributed by atoms with Crippen LogP contribution < -0.4 is 16.6 Å². The van der Waals surface area contributed by atoms with E-state index in [9.17, 15) is 0 Å². The number of nitrogens with zero attached hydrogens (tertiary/aromatic N) is 1. The van der Waals surface area contributed by atoms with E-state index in [4.69, 9.17) is 29.0 Å². The van der Waals surface area contributed by atoms with Crippen molar-refractivity contribution in [3.8, 4) is 0 Å². The largest absolute Gasteiger partial charge is 0.338 e. The fourth-order valence-corrected chi connectivity index (χ4v) is 2.98. The van der Waals surface area contributed by atoms with Crippen LogP contribution in [0.5, 0.6) is 0 Å². The molecule has 4 nitrogen and oxygen atoms in total. The summed E-state index contributed by atoms with van der Waals surface area (Å²) in [5, 5.41) is 3.86. The molecule has 1 aromatic heterocycles. The number of pyridine rings is 1. The lowest BCUT2D eigenvalue weighted by atomic mass is 10.3. The molecule has 0 aliphatic rings. The normalized spacial score (nSPS) is 10.4. The molecule has 0 aliphatic heterocycles. The van der Waals surface area contributed by atoms with Crippen LogP contribution in [0.1, 0.15) is 0 Å². The Balaban J connectivity index is 2.37. The van der Waals surface area contributed by atoms with E-state index in [0.717, 1.165) is 14.6 Å². The number of aromatic nitrogens is 1. The van der Waals surface area contributed by atoms with Gasteiger partial charge in [-0.15, -0.1) is 0 Å². The van der Waals surface area contributed by atoms with Gasteiger partial charge in [0.1, 0.15) is 0 Å². The second kappa shape index (κ2) is 6.28. The highest BCUT2D eigenvalue weighted by atomic mass is 79.9. The molecule has 2 aromatic rings. The predicted octanol–water partition coefficient (Wildman–Crippen LogP) is 4.94. The maximum atomic E-state index is 6.09. The molecule has 0 unspecified atom stereocenters. The number of nitrogens with two attached hydrogens (primary N) is 1. The molecule has 1 aromatic carbocycles. The molecule has 0 fully saturated rings. The highest BCUT2D eigenvalue weighted by Crippen LogP contribution is 2.33. The second-order valence-electron chi connectivity index (χ2n) is 3.54. The van der Waals surface area contributed by atoms with E-state index in [-0.39, 0.29) is 0 Å². The third-order valence-electron chi connectivity index (χ3n) is 2.25. The number of rotatable bonds is 3. The van der Waals surface area contributed by atoms with Crippen molar-refractivity contribution < 1.29 is 0 Å². The summed E-state index contributed by atoms with van der Waals surface area (Å²) in [7, 11) is 0. The number of nitrogen functional groups attached to an aromatic ring is 1. The SMILES string of the molecule is NNc1nc(Nc2ccc(Br)cc2Br)c(Cl)cc1Cl. The molecule has 0 bridgehead atoms. The minimum Gasteiger partial charge on any atom is -0.338 e. The van der Waals surface area contributed by atoms with Gasteiger partial charge in [0.15, 0.2) is 11.6 Å². The standard InChI is InChI=1S/C11H8Br2Cl2N4/c12-5-1-2-9(6(13)3-5)17-10-7(14)4-8(15)11(18-10)19-16/h1-4H,16H2,(H2,17,18,19). The van der Waals surface area contributed by atoms with Crippen LogP contribution in [-0.2, 0) is 0 Å². The molecule has 0 saturated heterocycles. The van der Waals surface area contributed by atoms with Gasteiger partial charge in [-0.1, -0.05) is 39.1 Å². The quantitative estimate of drug-likeness (QED) is 0.480. The molecule has 4 N–H and O–H groups in total. The minimum atomic E-state index is 0.349. The van der Waals surface area contributed by atoms with Crippen LogP contribution in [0.3, 0.4) is 0 Å². The van der Waals surface area contributed by atoms with Gasteiger partial charge in [-0.2, -0.15) is 0 Å². The smallest absolute Gasteiger partial charge is 0.161 e. The summed E-state index contributed by atoms with van der Waals surface area (Å²) in [6.07, 6.45) is 0. The Labute approximate surface area is 136 Å². The van der Waals surface area contributed by atoms with Gasteiger partial charge in [-0.05, 0) is 40.2 Å². The van der Waals surface area contributed by atoms with Crippen LogP contribution in [0.25, 0.3) is 0 Å². The van der Waals surface area contributed by atoms with E-state index in [0.29, 0.717) is 21.7 Å². The van der Waals surface area contributed by atoms with Gasteiger partial charge >= 0.3 is 0 Å². The second-order valence-corrected chi connectivity index (χ2v) is 6.13. The zero-order valence-corrected chi connectivity index (χ0v) is 14.0. The number of benzene rings is 1. The van der Waals surface area contributed by atoms with Crippen molar-refractivity contribution in [3.63, 3.8) is 0 Å². The van der Waals surface area contributed by atoms with Crippen LogP contribution in [0.2, 0.25) is 10.0 Å². The predicted molar refractivity (Wildman–Crippen MR) is 87.2 cm³/mol. The average Bonchev–Trinajstić information content (AvgIpc) is 2.35. The third-order valence-corrected chi connectivity index (χ3v) is 3.98. The van der Waals surface area contributed by atoms with E-state index in [1.807, 2.05) is 18.2 Å². The molecular weight excluding hydrogens is 419 g/mol. The van der Waals surface area contributed by atoms with Crippen molar-refractivity contribution in [2.45, 2.75) is 0 Å². The van der Waals surface area contributed by atoms with Crippen molar-refractivity contribution in [1.29, 1.82) is 0 Å². The maximum absolute atomic E-state index is 6.09. The number of nitrogens with one attached hydrogen (secondary N) is 2. The molecule has 0 amide bonds. The number of anilines is 3. The maximum Gasteiger partial charge on any atom is 0.161 e. The lowest BCUT2D eigenvalue weighted by Crippen LogP contribution is -2.10. The Hall–Kier alpha value is -0.530. The Morgan fingerprint density at radius 1 is 1.05 bits per heavy atom. The highest BCUT2D eigenvalue weighted by Gasteiger charge is 2.10. The van der Waals surface area contributed by atoms with Gasteiger partial charge in [0.2, 0.25) is 0 Å². The van der Waals surface area contributed by atoms with Crippen molar-refractivity contribution in [1.82, 2.24) is 4.98 Å². The summed E-state index contributed by atoms with van der Waals surface area (Å²) in [6, 6.07) is 7.27. The van der Waals surface area contributed by atoms with Crippen LogP contribution in [0.15, 0.2) is 33.2 Å². The molecule has 100 valence electrons. The van der Waals surface area contributed by atoms with Gasteiger partial charge in [0.25, 0.3) is 0 Å². The summed E-state index contributed by atoms with van der Waals surface area (Å²) in [4.78, 5) is 4.21. The third kappa shape index (κ3) is 3.52. The first-order chi connectivity index (χ1) is 9.01. The summed E-state index contributed by atoms with van der Waals surface area (Å²) in [5.41, 5.74) is 3.23. The van der Waals surface area contributed by atoms with E-state index in [1.165, 1.54) is 0 Å². The molecular formula is C11H8Br2Cl2N4. The van der Waals surface area contributed by atoms with Crippen molar-refractivity contribution >= 4 is 72.4 Å². The summed E-state index contributed by atoms with van der Waals surface area (Å²) >= 11 is 18.8. The molecule has 8 heteroatoms. The summed E-state index contributed by atoms with van der Waals surface area (Å²) < 4.78 is 1.83. The van der Waals surface area contributed by atoms with Crippen molar-refractivity contribution in [3.05, 3.63) is 43.3 Å². The van der Waals surface area contributed by atoms with Crippen molar-refractivity contribution in [2.24, 2.45) is 5.84 Å². The van der Waals surface area contributed by atoms with Crippen LogP contribution in [0, 0.1) is 0 Å². The van der Waals surface area contributed by atoms with Crippen LogP contribution >= 0.6 is 55.1 Å². The molecule has 19 heavy (non-hydrogen) atoms. The topological polar surface area (TPSA) is 63.0 Å². The molecule has 0 aliphatic carbocycles. The number of halogens is 4. The molecule has 1 heterocycles. The Kier molecular flexibility index (Phi) is 4.92. The van der Waals surface area contributed by atoms with Gasteiger partial charge in [0.05, 0.1) is 15.7 Å². The number of hydrogen-bond donors (Lipinski definition) is 3. The van der Waals surface area contributed by atoms with Gasteiger partial charge in [-0.3, -0.25) is 0 Å². The molecule has 2 rings (SSSR count). The highest BCUT2D eigenvalue weighted by molar-refractivity contribution is 9.11. The molecule has 0 atom stereocenters. The van der Waals surface area contributed by atoms with E-state index >= 15 is 0 Å². The van der Waals surface area contributed by atoms with Gasteiger partial charge < -0.3 is 10.7 Å². The molecule has 0 radical (unpaired) electrons. The lowest BCUT2D eigenvalue weighted by molar-refractivity contribution is 1.22. The number of hydrogen-bond acceptors (Lipinski definition) is 4. The minimum absolute atomic E-state index is 0.349. The Morgan fingerprint density at radius 2 is 1.74 bits per heavy atom. The first-order valence-corrected chi connectivity index (χ1v) is 7.40. The fourth-order valence-electron chi connectivity index (χ4n) is 1.37. The number of hydrazine groups is 1. The summed E-state index contributed by atoms with van der Waals surface area (Å²) in [6.45, 7) is 0. The van der Waals surface area contributed by atoms with E-state index < -0.39 is 0 Å². The van der Waals surface area contributed by atoms with E-state index in [1.54, 1.807) is 6.07 Å². The van der Waals surface area contributed by atoms with Crippen molar-refractivity contribution in [2.75, 3.05) is 10.7 Å². The zero-order chi connectivity index (χ0) is 14.0. The van der Waals surface area contributed by atoms with Gasteiger partial charge in [0, 0.05) is 8.95 Å². The first kappa shape index (κ1) is 14.9. The zero-order valence-electron chi connectivity index (χ0n) is 9.35.